The van der Waals surface area contributed by atoms with Crippen molar-refractivity contribution in [2.75, 3.05) is 0 Å². The quantitative estimate of drug-likeness (QED) is 0.164. The maximum Gasteiger partial charge on any atom is 0.156 e. The highest BCUT2D eigenvalue weighted by Gasteiger charge is 2.31. The normalized spacial score (nSPS) is 14.5. The standard InChI is InChI=1S/C55H34N2O2/c1-33-53(39-28-29-41-38(32-39)27-26-36-14-5-6-15-40(36)41)56-55(45-18-11-21-48-50(45)43-16-7-9-19-46(43)58-48)57-54(33)52-42(30-31-49-51(52)44-17-8-10-20-47(44)59-49)37-24-22-35(23-25-37)34-12-3-2-4-13-34/h2-32,53H,1H2. The van der Waals surface area contributed by atoms with Crippen LogP contribution >= 0.6 is 0 Å². The highest BCUT2D eigenvalue weighted by atomic mass is 16.3. The minimum absolute atomic E-state index is 0.427. The predicted octanol–water partition coefficient (Wildman–Crippen LogP) is 14.7. The molecular formula is C55H34N2O2. The van der Waals surface area contributed by atoms with E-state index in [1.165, 1.54) is 21.7 Å². The number of fused-ring (bicyclic) bond motifs is 9. The van der Waals surface area contributed by atoms with Crippen LogP contribution in [-0.4, -0.2) is 11.5 Å². The fraction of sp³-hybridized carbons (Fsp3) is 0.0182. The van der Waals surface area contributed by atoms with E-state index < -0.39 is 6.04 Å². The van der Waals surface area contributed by atoms with Crippen molar-refractivity contribution in [2.45, 2.75) is 6.04 Å². The molecule has 1 unspecified atom stereocenters. The first-order valence-corrected chi connectivity index (χ1v) is 19.9. The number of nitrogens with zero attached hydrogens (tertiary/aromatic N) is 2. The van der Waals surface area contributed by atoms with Gasteiger partial charge in [0.2, 0.25) is 0 Å². The zero-order chi connectivity index (χ0) is 39.0. The van der Waals surface area contributed by atoms with Gasteiger partial charge in [0, 0.05) is 38.2 Å². The number of furan rings is 2. The third-order valence-electron chi connectivity index (χ3n) is 11.9. The van der Waals surface area contributed by atoms with Gasteiger partial charge in [-0.1, -0.05) is 158 Å². The Morgan fingerprint density at radius 1 is 0.424 bits per heavy atom. The summed E-state index contributed by atoms with van der Waals surface area (Å²) < 4.78 is 13.0. The number of hydrogen-bond donors (Lipinski definition) is 0. The average Bonchev–Trinajstić information content (AvgIpc) is 3.88. The summed E-state index contributed by atoms with van der Waals surface area (Å²) in [5.74, 6) is 0.628. The fourth-order valence-electron chi connectivity index (χ4n) is 9.10. The van der Waals surface area contributed by atoms with Crippen molar-refractivity contribution in [1.82, 2.24) is 0 Å². The van der Waals surface area contributed by atoms with Crippen molar-refractivity contribution < 1.29 is 8.83 Å². The second kappa shape index (κ2) is 13.1. The molecule has 0 saturated heterocycles. The number of amidine groups is 1. The summed E-state index contributed by atoms with van der Waals surface area (Å²) in [6.45, 7) is 4.86. The molecule has 3 heterocycles. The van der Waals surface area contributed by atoms with Gasteiger partial charge in [-0.15, -0.1) is 0 Å². The minimum atomic E-state index is -0.427. The van der Waals surface area contributed by atoms with Gasteiger partial charge in [-0.2, -0.15) is 0 Å². The lowest BCUT2D eigenvalue weighted by Gasteiger charge is -2.26. The highest BCUT2D eigenvalue weighted by Crippen LogP contribution is 2.44. The van der Waals surface area contributed by atoms with Crippen molar-refractivity contribution in [3.05, 3.63) is 217 Å². The molecule has 276 valence electrons. The molecule has 1 atom stereocenters. The second-order valence-corrected chi connectivity index (χ2v) is 15.3. The van der Waals surface area contributed by atoms with Crippen LogP contribution in [0.25, 0.3) is 87.7 Å². The van der Waals surface area contributed by atoms with Crippen molar-refractivity contribution in [3.8, 4) is 22.3 Å². The molecule has 4 nitrogen and oxygen atoms in total. The van der Waals surface area contributed by atoms with Gasteiger partial charge < -0.3 is 8.83 Å². The first-order chi connectivity index (χ1) is 29.2. The average molecular weight is 755 g/mol. The SMILES string of the molecule is C=C1C(c2c(-c3ccc(-c4ccccc4)cc3)ccc3oc4ccccc4c23)=NC(c2cccc3oc4ccccc4c23)=NC1c1ccc2c(ccc3ccccc32)c1. The maximum absolute atomic E-state index is 6.56. The van der Waals surface area contributed by atoms with E-state index in [1.54, 1.807) is 0 Å². The van der Waals surface area contributed by atoms with E-state index in [9.17, 15) is 0 Å². The first kappa shape index (κ1) is 33.3. The molecule has 1 aliphatic heterocycles. The molecule has 9 aromatic carbocycles. The van der Waals surface area contributed by atoms with Crippen LogP contribution in [0.2, 0.25) is 0 Å². The second-order valence-electron chi connectivity index (χ2n) is 15.3. The summed E-state index contributed by atoms with van der Waals surface area (Å²) in [6, 6.07) is 65.4. The molecule has 0 amide bonds. The number of para-hydroxylation sites is 2. The summed E-state index contributed by atoms with van der Waals surface area (Å²) in [4.78, 5) is 11.1. The summed E-state index contributed by atoms with van der Waals surface area (Å²) in [7, 11) is 0. The number of rotatable bonds is 5. The molecule has 1 aliphatic rings. The summed E-state index contributed by atoms with van der Waals surface area (Å²) >= 11 is 0. The van der Waals surface area contributed by atoms with Crippen LogP contribution in [-0.2, 0) is 0 Å². The summed E-state index contributed by atoms with van der Waals surface area (Å²) in [5.41, 5.74) is 12.2. The van der Waals surface area contributed by atoms with Gasteiger partial charge in [-0.3, -0.25) is 4.99 Å². The van der Waals surface area contributed by atoms with E-state index in [2.05, 4.69) is 146 Å². The van der Waals surface area contributed by atoms with Crippen LogP contribution in [0.4, 0.5) is 0 Å². The van der Waals surface area contributed by atoms with Crippen LogP contribution in [0.5, 0.6) is 0 Å². The Balaban J connectivity index is 1.13. The third-order valence-corrected chi connectivity index (χ3v) is 11.9. The smallest absolute Gasteiger partial charge is 0.156 e. The van der Waals surface area contributed by atoms with Crippen LogP contribution in [0.15, 0.2) is 219 Å². The molecule has 12 rings (SSSR count). The molecule has 0 fully saturated rings. The van der Waals surface area contributed by atoms with E-state index >= 15 is 0 Å². The predicted molar refractivity (Wildman–Crippen MR) is 245 cm³/mol. The lowest BCUT2D eigenvalue weighted by molar-refractivity contribution is 0.668. The molecule has 59 heavy (non-hydrogen) atoms. The van der Waals surface area contributed by atoms with E-state index in [0.717, 1.165) is 93.9 Å². The van der Waals surface area contributed by atoms with E-state index in [4.69, 9.17) is 25.4 Å². The van der Waals surface area contributed by atoms with Gasteiger partial charge in [0.05, 0.1) is 5.71 Å². The van der Waals surface area contributed by atoms with Crippen LogP contribution in [0.3, 0.4) is 0 Å². The molecule has 0 spiro atoms. The largest absolute Gasteiger partial charge is 0.456 e. The van der Waals surface area contributed by atoms with Crippen LogP contribution in [0, 0.1) is 0 Å². The molecular weight excluding hydrogens is 721 g/mol. The van der Waals surface area contributed by atoms with E-state index in [1.807, 2.05) is 42.5 Å². The van der Waals surface area contributed by atoms with Gasteiger partial charge in [0.15, 0.2) is 5.84 Å². The molecule has 0 N–H and O–H groups in total. The number of aliphatic imine (C=N–C) groups is 2. The Kier molecular flexibility index (Phi) is 7.41. The van der Waals surface area contributed by atoms with Crippen molar-refractivity contribution in [2.24, 2.45) is 9.98 Å². The zero-order valence-corrected chi connectivity index (χ0v) is 31.9. The molecule has 4 heteroatoms. The Morgan fingerprint density at radius 3 is 1.83 bits per heavy atom. The van der Waals surface area contributed by atoms with Gasteiger partial charge in [0.25, 0.3) is 0 Å². The Bertz CT molecular complexity index is 3570. The molecule has 2 aromatic heterocycles. The van der Waals surface area contributed by atoms with Gasteiger partial charge in [0.1, 0.15) is 28.4 Å². The monoisotopic (exact) mass is 754 g/mol. The van der Waals surface area contributed by atoms with E-state index in [0.29, 0.717) is 5.84 Å². The number of benzene rings is 9. The van der Waals surface area contributed by atoms with Crippen molar-refractivity contribution in [1.29, 1.82) is 0 Å². The Labute approximate surface area is 339 Å². The van der Waals surface area contributed by atoms with Crippen molar-refractivity contribution in [3.63, 3.8) is 0 Å². The third kappa shape index (κ3) is 5.30. The molecule has 0 bridgehead atoms. The fourth-order valence-corrected chi connectivity index (χ4v) is 9.10. The zero-order valence-electron chi connectivity index (χ0n) is 31.9. The van der Waals surface area contributed by atoms with Gasteiger partial charge in [-0.05, 0) is 85.8 Å². The van der Waals surface area contributed by atoms with Gasteiger partial charge >= 0.3 is 0 Å². The Morgan fingerprint density at radius 2 is 1.03 bits per heavy atom. The molecule has 11 aromatic rings. The number of hydrogen-bond acceptors (Lipinski definition) is 4. The highest BCUT2D eigenvalue weighted by molar-refractivity contribution is 6.32. The van der Waals surface area contributed by atoms with Crippen molar-refractivity contribution >= 4 is 77.0 Å². The first-order valence-electron chi connectivity index (χ1n) is 19.9. The van der Waals surface area contributed by atoms with Crippen LogP contribution < -0.4 is 0 Å². The lowest BCUT2D eigenvalue weighted by Crippen LogP contribution is -2.21. The molecule has 0 saturated carbocycles. The van der Waals surface area contributed by atoms with E-state index in [-0.39, 0.29) is 0 Å². The topological polar surface area (TPSA) is 51.0 Å². The molecule has 0 radical (unpaired) electrons. The summed E-state index contributed by atoms with van der Waals surface area (Å²) in [6.07, 6.45) is 0. The Hall–Kier alpha value is -7.82. The lowest BCUT2D eigenvalue weighted by atomic mass is 9.84. The van der Waals surface area contributed by atoms with Crippen LogP contribution in [0.1, 0.15) is 22.7 Å². The van der Waals surface area contributed by atoms with Gasteiger partial charge in [-0.25, -0.2) is 4.99 Å². The molecule has 0 aliphatic carbocycles. The maximum atomic E-state index is 6.56. The minimum Gasteiger partial charge on any atom is -0.456 e. The summed E-state index contributed by atoms with van der Waals surface area (Å²) in [5, 5.41) is 8.85.